The average Bonchev–Trinajstić information content (AvgIpc) is 2.96. The van der Waals surface area contributed by atoms with Gasteiger partial charge in [-0.15, -0.1) is 0 Å². The molecule has 3 aromatic carbocycles. The highest BCUT2D eigenvalue weighted by molar-refractivity contribution is 7.92. The number of amides is 2. The van der Waals surface area contributed by atoms with Gasteiger partial charge in [-0.2, -0.15) is 0 Å². The molecule has 0 heterocycles. The van der Waals surface area contributed by atoms with Crippen molar-refractivity contribution in [3.8, 4) is 11.5 Å². The minimum absolute atomic E-state index is 0.0473. The van der Waals surface area contributed by atoms with Crippen molar-refractivity contribution >= 4 is 27.5 Å². The summed E-state index contributed by atoms with van der Waals surface area (Å²) in [5.74, 6) is 0.389. The summed E-state index contributed by atoms with van der Waals surface area (Å²) in [6, 6.07) is 20.7. The third-order valence-corrected chi connectivity index (χ3v) is 8.01. The van der Waals surface area contributed by atoms with Gasteiger partial charge in [-0.25, -0.2) is 8.42 Å². The van der Waals surface area contributed by atoms with Gasteiger partial charge in [-0.05, 0) is 67.4 Å². The summed E-state index contributed by atoms with van der Waals surface area (Å²) in [5, 5.41) is 2.79. The van der Waals surface area contributed by atoms with Crippen LogP contribution in [-0.2, 0) is 26.2 Å². The Balaban J connectivity index is 2.04. The van der Waals surface area contributed by atoms with Crippen molar-refractivity contribution in [2.24, 2.45) is 0 Å². The quantitative estimate of drug-likeness (QED) is 0.345. The van der Waals surface area contributed by atoms with Crippen molar-refractivity contribution in [2.75, 3.05) is 31.6 Å². The molecule has 0 saturated heterocycles. The Labute approximate surface area is 230 Å². The monoisotopic (exact) mass is 553 g/mol. The lowest BCUT2D eigenvalue weighted by atomic mass is 10.1. The molecule has 0 spiro atoms. The maximum Gasteiger partial charge on any atom is 0.264 e. The highest BCUT2D eigenvalue weighted by atomic mass is 32.2. The third kappa shape index (κ3) is 7.29. The van der Waals surface area contributed by atoms with E-state index in [9.17, 15) is 18.0 Å². The van der Waals surface area contributed by atoms with Gasteiger partial charge < -0.3 is 19.7 Å². The van der Waals surface area contributed by atoms with E-state index in [2.05, 4.69) is 5.32 Å². The molecule has 0 aliphatic rings. The second kappa shape index (κ2) is 13.7. The number of nitrogens with one attached hydrogen (secondary N) is 1. The number of carbonyl (C=O) groups is 2. The molecule has 2 amide bonds. The van der Waals surface area contributed by atoms with Crippen molar-refractivity contribution in [3.63, 3.8) is 0 Å². The van der Waals surface area contributed by atoms with E-state index in [-0.39, 0.29) is 17.3 Å². The molecule has 3 rings (SSSR count). The molecule has 9 nitrogen and oxygen atoms in total. The van der Waals surface area contributed by atoms with Crippen LogP contribution >= 0.6 is 0 Å². The van der Waals surface area contributed by atoms with E-state index >= 15 is 0 Å². The molecule has 0 fully saturated rings. The molecular formula is C29H35N3O6S. The van der Waals surface area contributed by atoms with Gasteiger partial charge in [-0.1, -0.05) is 37.3 Å². The molecule has 3 aromatic rings. The Hall–Kier alpha value is -4.05. The molecule has 0 aliphatic carbocycles. The van der Waals surface area contributed by atoms with Crippen LogP contribution < -0.4 is 19.1 Å². The van der Waals surface area contributed by atoms with Gasteiger partial charge in [0.2, 0.25) is 11.8 Å². The first-order valence-corrected chi connectivity index (χ1v) is 14.1. The fourth-order valence-corrected chi connectivity index (χ4v) is 5.57. The summed E-state index contributed by atoms with van der Waals surface area (Å²) in [6.45, 7) is 3.63. The highest BCUT2D eigenvalue weighted by Gasteiger charge is 2.33. The largest absolute Gasteiger partial charge is 0.497 e. The lowest BCUT2D eigenvalue weighted by Crippen LogP contribution is -2.52. The van der Waals surface area contributed by atoms with Crippen LogP contribution in [0.4, 0.5) is 5.69 Å². The molecular weight excluding hydrogens is 518 g/mol. The fraction of sp³-hybridized carbons (Fsp3) is 0.310. The number of carbonyl (C=O) groups excluding carboxylic acids is 2. The summed E-state index contributed by atoms with van der Waals surface area (Å²) >= 11 is 0. The van der Waals surface area contributed by atoms with E-state index in [1.54, 1.807) is 68.6 Å². The fourth-order valence-electron chi connectivity index (χ4n) is 4.14. The van der Waals surface area contributed by atoms with Crippen LogP contribution in [0.25, 0.3) is 0 Å². The minimum Gasteiger partial charge on any atom is -0.497 e. The highest BCUT2D eigenvalue weighted by Crippen LogP contribution is 2.27. The van der Waals surface area contributed by atoms with Crippen molar-refractivity contribution < 1.29 is 27.5 Å². The van der Waals surface area contributed by atoms with Crippen molar-refractivity contribution in [2.45, 2.75) is 37.8 Å². The van der Waals surface area contributed by atoms with Crippen LogP contribution in [0.3, 0.4) is 0 Å². The molecule has 10 heteroatoms. The Morgan fingerprint density at radius 3 is 1.92 bits per heavy atom. The second-order valence-corrected chi connectivity index (χ2v) is 10.6. The number of sulfonamides is 1. The first kappa shape index (κ1) is 29.5. The SMILES string of the molecule is CCNC(=O)C(CC)N(Cc1ccc(OC)cc1)C(=O)CN(c1ccc(OC)cc1)S(=O)(=O)c1ccccc1. The topological polar surface area (TPSA) is 105 Å². The zero-order valence-corrected chi connectivity index (χ0v) is 23.5. The number of hydrogen-bond donors (Lipinski definition) is 1. The van der Waals surface area contributed by atoms with Crippen LogP contribution in [0, 0.1) is 0 Å². The molecule has 208 valence electrons. The number of ether oxygens (including phenoxy) is 2. The lowest BCUT2D eigenvalue weighted by Gasteiger charge is -2.33. The lowest BCUT2D eigenvalue weighted by molar-refractivity contribution is -0.140. The number of likely N-dealkylation sites (N-methyl/N-ethyl adjacent to an activating group) is 1. The summed E-state index contributed by atoms with van der Waals surface area (Å²) in [5.41, 5.74) is 1.07. The van der Waals surface area contributed by atoms with Gasteiger partial charge in [0.25, 0.3) is 10.0 Å². The first-order valence-electron chi connectivity index (χ1n) is 12.7. The molecule has 1 N–H and O–H groups in total. The molecule has 0 aliphatic heterocycles. The van der Waals surface area contributed by atoms with Crippen LogP contribution in [-0.4, -0.2) is 58.5 Å². The Morgan fingerprint density at radius 1 is 0.846 bits per heavy atom. The van der Waals surface area contributed by atoms with Crippen LogP contribution in [0.1, 0.15) is 25.8 Å². The Bertz CT molecular complexity index is 1330. The van der Waals surface area contributed by atoms with Crippen LogP contribution in [0.2, 0.25) is 0 Å². The molecule has 0 bridgehead atoms. The number of hydrogen-bond acceptors (Lipinski definition) is 6. The zero-order chi connectivity index (χ0) is 28.4. The number of rotatable bonds is 13. The molecule has 1 unspecified atom stereocenters. The van der Waals surface area contributed by atoms with Gasteiger partial charge in [-0.3, -0.25) is 13.9 Å². The summed E-state index contributed by atoms with van der Waals surface area (Å²) in [6.07, 6.45) is 0.349. The Morgan fingerprint density at radius 2 is 1.41 bits per heavy atom. The molecule has 0 saturated carbocycles. The van der Waals surface area contributed by atoms with Gasteiger partial charge >= 0.3 is 0 Å². The van der Waals surface area contributed by atoms with Gasteiger partial charge in [0.1, 0.15) is 24.1 Å². The smallest absolute Gasteiger partial charge is 0.264 e. The number of benzene rings is 3. The van der Waals surface area contributed by atoms with Gasteiger partial charge in [0.05, 0.1) is 24.8 Å². The maximum atomic E-state index is 14.0. The molecule has 0 radical (unpaired) electrons. The first-order chi connectivity index (χ1) is 18.7. The molecule has 39 heavy (non-hydrogen) atoms. The van der Waals surface area contributed by atoms with Crippen LogP contribution in [0.5, 0.6) is 11.5 Å². The normalized spacial score (nSPS) is 11.8. The van der Waals surface area contributed by atoms with Gasteiger partial charge in [0.15, 0.2) is 0 Å². The number of nitrogens with zero attached hydrogens (tertiary/aromatic N) is 2. The van der Waals surface area contributed by atoms with Gasteiger partial charge in [0, 0.05) is 13.1 Å². The van der Waals surface area contributed by atoms with E-state index in [4.69, 9.17) is 9.47 Å². The van der Waals surface area contributed by atoms with Crippen molar-refractivity contribution in [3.05, 3.63) is 84.4 Å². The van der Waals surface area contributed by atoms with E-state index in [1.165, 1.54) is 24.1 Å². The van der Waals surface area contributed by atoms with Crippen LogP contribution in [0.15, 0.2) is 83.8 Å². The zero-order valence-electron chi connectivity index (χ0n) is 22.7. The molecule has 0 aromatic heterocycles. The Kier molecular flexibility index (Phi) is 10.3. The van der Waals surface area contributed by atoms with E-state index in [0.29, 0.717) is 30.2 Å². The summed E-state index contributed by atoms with van der Waals surface area (Å²) in [4.78, 5) is 28.4. The average molecular weight is 554 g/mol. The second-order valence-electron chi connectivity index (χ2n) is 8.71. The summed E-state index contributed by atoms with van der Waals surface area (Å²) in [7, 11) is -1.04. The predicted molar refractivity (Wildman–Crippen MR) is 150 cm³/mol. The van der Waals surface area contributed by atoms with E-state index in [0.717, 1.165) is 9.87 Å². The van der Waals surface area contributed by atoms with E-state index in [1.807, 2.05) is 19.1 Å². The van der Waals surface area contributed by atoms with Crippen molar-refractivity contribution in [1.29, 1.82) is 0 Å². The van der Waals surface area contributed by atoms with Crippen molar-refractivity contribution in [1.82, 2.24) is 10.2 Å². The summed E-state index contributed by atoms with van der Waals surface area (Å²) < 4.78 is 39.1. The third-order valence-electron chi connectivity index (χ3n) is 6.22. The predicted octanol–water partition coefficient (Wildman–Crippen LogP) is 3.84. The standard InChI is InChI=1S/C29H35N3O6S/c1-5-27(29(34)30-6-2)31(20-22-12-16-24(37-3)17-13-22)28(33)21-32(23-14-18-25(38-4)19-15-23)39(35,36)26-10-8-7-9-11-26/h7-19,27H,5-6,20-21H2,1-4H3,(H,30,34). The maximum absolute atomic E-state index is 14.0. The number of methoxy groups -OCH3 is 2. The minimum atomic E-state index is -4.12. The molecule has 1 atom stereocenters. The van der Waals surface area contributed by atoms with E-state index < -0.39 is 28.5 Å². The number of anilines is 1.